The van der Waals surface area contributed by atoms with E-state index in [4.69, 9.17) is 4.74 Å². The number of rotatable bonds is 3. The van der Waals surface area contributed by atoms with E-state index in [0.29, 0.717) is 18.2 Å². The number of thiocarbonyl (C=S) groups is 1. The molecule has 7 heteroatoms. The summed E-state index contributed by atoms with van der Waals surface area (Å²) in [5, 5.41) is 12.5. The monoisotopic (exact) mass is 346 g/mol. The number of fused-ring (bicyclic) bond motifs is 2. The molecule has 1 aromatic carbocycles. The predicted molar refractivity (Wildman–Crippen MR) is 90.2 cm³/mol. The van der Waals surface area contributed by atoms with Crippen LogP contribution in [0.3, 0.4) is 0 Å². The van der Waals surface area contributed by atoms with Crippen molar-refractivity contribution in [3.05, 3.63) is 29.8 Å². The molecule has 0 saturated carbocycles. The van der Waals surface area contributed by atoms with Crippen LogP contribution in [-0.2, 0) is 9.53 Å². The van der Waals surface area contributed by atoms with Crippen molar-refractivity contribution < 1.29 is 19.4 Å². The van der Waals surface area contributed by atoms with Gasteiger partial charge in [0.05, 0.1) is 28.4 Å². The van der Waals surface area contributed by atoms with Crippen molar-refractivity contribution in [2.45, 2.75) is 37.5 Å². The number of carbonyl (C=O) groups excluding carboxylic acids is 2. The molecule has 24 heavy (non-hydrogen) atoms. The molecule has 0 aromatic heterocycles. The molecule has 0 aliphatic carbocycles. The molecule has 2 fully saturated rings. The largest absolute Gasteiger partial charge is 0.392 e. The van der Waals surface area contributed by atoms with Crippen LogP contribution in [-0.4, -0.2) is 52.3 Å². The molecule has 2 aliphatic rings. The smallest absolute Gasteiger partial charge is 0.345 e. The van der Waals surface area contributed by atoms with Gasteiger partial charge in [0.15, 0.2) is 0 Å². The molecule has 6 nitrogen and oxygen atoms in total. The number of nitrogens with zero attached hydrogens (tertiary/aromatic N) is 2. The first kappa shape index (κ1) is 16.9. The molecule has 0 amide bonds. The van der Waals surface area contributed by atoms with E-state index in [1.807, 2.05) is 7.05 Å². The third-order valence-corrected chi connectivity index (χ3v) is 5.07. The summed E-state index contributed by atoms with van der Waals surface area (Å²) in [5.41, 5.74) is 0.809. The highest BCUT2D eigenvalue weighted by atomic mass is 32.1. The van der Waals surface area contributed by atoms with Crippen molar-refractivity contribution >= 4 is 35.0 Å². The van der Waals surface area contributed by atoms with Gasteiger partial charge in [-0.15, -0.1) is 0 Å². The minimum atomic E-state index is -0.765. The molecule has 4 atom stereocenters. The van der Waals surface area contributed by atoms with Gasteiger partial charge in [-0.05, 0) is 62.8 Å². The zero-order valence-electron chi connectivity index (χ0n) is 13.2. The summed E-state index contributed by atoms with van der Waals surface area (Å²) in [6.45, 7) is 0. The van der Waals surface area contributed by atoms with Gasteiger partial charge < -0.3 is 9.84 Å². The molecule has 2 saturated heterocycles. The summed E-state index contributed by atoms with van der Waals surface area (Å²) in [7, 11) is 1.95. The van der Waals surface area contributed by atoms with Crippen LogP contribution < -0.4 is 0 Å². The minimum absolute atomic E-state index is 0.0710. The van der Waals surface area contributed by atoms with Gasteiger partial charge >= 0.3 is 11.9 Å². The van der Waals surface area contributed by atoms with Crippen molar-refractivity contribution in [1.29, 1.82) is 0 Å². The Morgan fingerprint density at radius 3 is 2.71 bits per heavy atom. The second kappa shape index (κ2) is 6.91. The Morgan fingerprint density at radius 1 is 1.33 bits per heavy atom. The van der Waals surface area contributed by atoms with E-state index < -0.39 is 24.0 Å². The number of hydrogen-bond acceptors (Lipinski definition) is 7. The van der Waals surface area contributed by atoms with Crippen LogP contribution in [0, 0.1) is 5.92 Å². The van der Waals surface area contributed by atoms with Crippen molar-refractivity contribution in [1.82, 2.24) is 4.90 Å². The second-order valence-electron chi connectivity index (χ2n) is 6.25. The van der Waals surface area contributed by atoms with Crippen LogP contribution in [0.2, 0.25) is 0 Å². The van der Waals surface area contributed by atoms with Gasteiger partial charge in [0, 0.05) is 12.1 Å². The minimum Gasteiger partial charge on any atom is -0.392 e. The number of esters is 2. The predicted octanol–water partition coefficient (Wildman–Crippen LogP) is 1.95. The number of carbonyl (C=O) groups is 2. The molecule has 0 radical (unpaired) electrons. The van der Waals surface area contributed by atoms with Gasteiger partial charge in [-0.1, -0.05) is 0 Å². The number of aliphatic imine (C=N–C) groups is 1. The van der Waals surface area contributed by atoms with Gasteiger partial charge in [-0.2, -0.15) is 4.99 Å². The average molecular weight is 346 g/mol. The Hall–Kier alpha value is -1.92. The molecule has 1 N–H and O–H groups in total. The molecule has 126 valence electrons. The fourth-order valence-corrected chi connectivity index (χ4v) is 3.80. The Bertz CT molecular complexity index is 699. The lowest BCUT2D eigenvalue weighted by atomic mass is 9.88. The fraction of sp³-hybridized carbons (Fsp3) is 0.471. The van der Waals surface area contributed by atoms with E-state index in [0.717, 1.165) is 12.8 Å². The fourth-order valence-electron chi connectivity index (χ4n) is 3.70. The van der Waals surface area contributed by atoms with E-state index in [2.05, 4.69) is 27.3 Å². The number of benzene rings is 1. The van der Waals surface area contributed by atoms with Crippen molar-refractivity contribution in [3.8, 4) is 0 Å². The van der Waals surface area contributed by atoms with Gasteiger partial charge in [0.2, 0.25) is 0 Å². The maximum absolute atomic E-state index is 12.4. The Kier molecular flexibility index (Phi) is 4.87. The molecule has 3 rings (SSSR count). The molecule has 0 unspecified atom stereocenters. The van der Waals surface area contributed by atoms with E-state index >= 15 is 0 Å². The first-order valence-electron chi connectivity index (χ1n) is 7.85. The molecule has 1 aromatic rings. The average Bonchev–Trinajstić information content (AvgIpc) is 2.80. The number of aliphatic hydroxyl groups excluding tert-OH is 1. The van der Waals surface area contributed by atoms with Crippen molar-refractivity contribution in [3.63, 3.8) is 0 Å². The van der Waals surface area contributed by atoms with Crippen LogP contribution in [0.15, 0.2) is 29.3 Å². The lowest BCUT2D eigenvalue weighted by Crippen LogP contribution is -2.52. The number of isothiocyanates is 1. The highest BCUT2D eigenvalue weighted by molar-refractivity contribution is 7.78. The van der Waals surface area contributed by atoms with Crippen LogP contribution in [0.1, 0.15) is 29.6 Å². The molecule has 2 heterocycles. The SMILES string of the molecule is CN1[C@H]2CC[C@@H]1[C@@H](C(=O)OC(=O)c1ccc(N=C=S)cc1)[C@@H](O)C2. The molecular formula is C17H18N2O4S. The number of ether oxygens (including phenoxy) is 1. The Morgan fingerprint density at radius 2 is 2.04 bits per heavy atom. The van der Waals surface area contributed by atoms with E-state index in [1.165, 1.54) is 12.1 Å². The van der Waals surface area contributed by atoms with Crippen LogP contribution in [0.4, 0.5) is 5.69 Å². The lowest BCUT2D eigenvalue weighted by Gasteiger charge is -2.39. The molecule has 0 spiro atoms. The number of hydrogen-bond donors (Lipinski definition) is 1. The number of aliphatic hydroxyl groups is 1. The molecule has 2 aliphatic heterocycles. The van der Waals surface area contributed by atoms with Gasteiger partial charge in [-0.25, -0.2) is 4.79 Å². The highest BCUT2D eigenvalue weighted by Gasteiger charge is 2.49. The van der Waals surface area contributed by atoms with Crippen LogP contribution in [0.5, 0.6) is 0 Å². The first-order valence-corrected chi connectivity index (χ1v) is 8.26. The summed E-state index contributed by atoms with van der Waals surface area (Å²) < 4.78 is 5.01. The zero-order chi connectivity index (χ0) is 17.3. The number of piperidine rings is 1. The first-order chi connectivity index (χ1) is 11.5. The van der Waals surface area contributed by atoms with E-state index in [-0.39, 0.29) is 11.6 Å². The van der Waals surface area contributed by atoms with Crippen LogP contribution in [0.25, 0.3) is 0 Å². The molecular weight excluding hydrogens is 328 g/mol. The topological polar surface area (TPSA) is 79.2 Å². The third-order valence-electron chi connectivity index (χ3n) is 4.98. The van der Waals surface area contributed by atoms with E-state index in [9.17, 15) is 14.7 Å². The molecule has 2 bridgehead atoms. The standard InChI is InChI=1S/C17H18N2O4S/c1-19-12-6-7-13(19)15(14(20)8-12)17(22)23-16(21)10-2-4-11(5-3-10)18-9-24/h2-5,12-15,20H,6-8H2,1H3/t12-,13+,14-,15+/m0/s1. The van der Waals surface area contributed by atoms with E-state index in [1.54, 1.807) is 12.1 Å². The van der Waals surface area contributed by atoms with Gasteiger partial charge in [0.25, 0.3) is 0 Å². The normalized spacial score (nSPS) is 28.9. The lowest BCUT2D eigenvalue weighted by molar-refractivity contribution is -0.152. The summed E-state index contributed by atoms with van der Waals surface area (Å²) in [6.07, 6.45) is 1.55. The quantitative estimate of drug-likeness (QED) is 0.390. The maximum atomic E-state index is 12.4. The summed E-state index contributed by atoms with van der Waals surface area (Å²) in [4.78, 5) is 30.5. The Labute approximate surface area is 145 Å². The Balaban J connectivity index is 1.69. The third kappa shape index (κ3) is 3.16. The van der Waals surface area contributed by atoms with Crippen molar-refractivity contribution in [2.24, 2.45) is 10.9 Å². The maximum Gasteiger partial charge on any atom is 0.345 e. The summed E-state index contributed by atoms with van der Waals surface area (Å²) in [6, 6.07) is 6.43. The van der Waals surface area contributed by atoms with Crippen LogP contribution >= 0.6 is 12.2 Å². The summed E-state index contributed by atoms with van der Waals surface area (Å²) in [5.74, 6) is -2.07. The second-order valence-corrected chi connectivity index (χ2v) is 6.43. The highest BCUT2D eigenvalue weighted by Crippen LogP contribution is 2.38. The summed E-state index contributed by atoms with van der Waals surface area (Å²) >= 11 is 4.51. The van der Waals surface area contributed by atoms with Gasteiger partial charge in [-0.3, -0.25) is 9.69 Å². The van der Waals surface area contributed by atoms with Crippen molar-refractivity contribution in [2.75, 3.05) is 7.05 Å². The van der Waals surface area contributed by atoms with Gasteiger partial charge in [0.1, 0.15) is 0 Å². The zero-order valence-corrected chi connectivity index (χ0v) is 14.0.